The minimum atomic E-state index is -0.800. The van der Waals surface area contributed by atoms with Crippen molar-refractivity contribution in [3.8, 4) is 16.9 Å². The van der Waals surface area contributed by atoms with Gasteiger partial charge in [-0.05, 0) is 50.2 Å². The number of hydrogen-bond donors (Lipinski definition) is 0. The Balaban J connectivity index is 2.06. The lowest BCUT2D eigenvalue weighted by atomic mass is 10.1. The van der Waals surface area contributed by atoms with Crippen LogP contribution in [0.4, 0.5) is 0 Å². The van der Waals surface area contributed by atoms with Crippen LogP contribution in [-0.2, 0) is 9.47 Å². The van der Waals surface area contributed by atoms with E-state index in [0.29, 0.717) is 16.7 Å². The van der Waals surface area contributed by atoms with Crippen LogP contribution in [0.25, 0.3) is 27.9 Å². The van der Waals surface area contributed by atoms with Crippen molar-refractivity contribution < 1.29 is 23.5 Å². The lowest BCUT2D eigenvalue weighted by molar-refractivity contribution is 0.0473. The van der Waals surface area contributed by atoms with Crippen molar-refractivity contribution >= 4 is 38.8 Å². The zero-order valence-corrected chi connectivity index (χ0v) is 19.4. The minimum absolute atomic E-state index is 0.0261. The van der Waals surface area contributed by atoms with E-state index in [-0.39, 0.29) is 35.7 Å². The summed E-state index contributed by atoms with van der Waals surface area (Å²) in [6, 6.07) is 15.5. The molecule has 9 heteroatoms. The Labute approximate surface area is 196 Å². The zero-order chi connectivity index (χ0) is 23.5. The second kappa shape index (κ2) is 9.41. The molecule has 0 amide bonds. The van der Waals surface area contributed by atoms with Crippen LogP contribution in [0.2, 0.25) is 0 Å². The molecule has 2 aromatic carbocycles. The number of ether oxygens (including phenoxy) is 2. The zero-order valence-electron chi connectivity index (χ0n) is 17.8. The van der Waals surface area contributed by atoms with Crippen molar-refractivity contribution in [2.45, 2.75) is 13.8 Å². The van der Waals surface area contributed by atoms with Gasteiger partial charge in [0, 0.05) is 9.86 Å². The van der Waals surface area contributed by atoms with E-state index in [2.05, 4.69) is 21.0 Å². The van der Waals surface area contributed by atoms with Gasteiger partial charge in [0.1, 0.15) is 16.8 Å². The number of carbonyl (C=O) groups is 2. The van der Waals surface area contributed by atoms with E-state index >= 15 is 0 Å². The highest BCUT2D eigenvalue weighted by atomic mass is 79.9. The Morgan fingerprint density at radius 1 is 1.00 bits per heavy atom. The van der Waals surface area contributed by atoms with Gasteiger partial charge in [-0.15, -0.1) is 0 Å². The largest absolute Gasteiger partial charge is 0.462 e. The molecular formula is C24H19BrN2O6. The smallest absolute Gasteiger partial charge is 0.357 e. The molecule has 0 aliphatic carbocycles. The molecule has 0 N–H and O–H groups in total. The Morgan fingerprint density at radius 3 is 2.36 bits per heavy atom. The van der Waals surface area contributed by atoms with Gasteiger partial charge in [-0.25, -0.2) is 19.1 Å². The van der Waals surface area contributed by atoms with Gasteiger partial charge < -0.3 is 13.9 Å². The topological polar surface area (TPSA) is 101 Å². The quantitative estimate of drug-likeness (QED) is 0.272. The predicted molar refractivity (Wildman–Crippen MR) is 125 cm³/mol. The number of para-hydroxylation sites is 1. The van der Waals surface area contributed by atoms with Gasteiger partial charge >= 0.3 is 17.6 Å². The Morgan fingerprint density at radius 2 is 1.67 bits per heavy atom. The summed E-state index contributed by atoms with van der Waals surface area (Å²) in [6.07, 6.45) is 0. The third-order valence-corrected chi connectivity index (χ3v) is 5.33. The van der Waals surface area contributed by atoms with Crippen molar-refractivity contribution in [2.24, 2.45) is 0 Å². The van der Waals surface area contributed by atoms with Crippen LogP contribution < -0.4 is 5.63 Å². The molecule has 0 unspecified atom stereocenters. The first-order chi connectivity index (χ1) is 15.9. The Bertz CT molecular complexity index is 1400. The first kappa shape index (κ1) is 22.5. The summed E-state index contributed by atoms with van der Waals surface area (Å²) >= 11 is 3.37. The lowest BCUT2D eigenvalue weighted by Gasteiger charge is -2.09. The number of aromatic nitrogens is 2. The van der Waals surface area contributed by atoms with Crippen molar-refractivity contribution in [3.05, 3.63) is 80.7 Å². The Kier molecular flexibility index (Phi) is 6.41. The number of rotatable bonds is 6. The van der Waals surface area contributed by atoms with E-state index in [4.69, 9.17) is 13.9 Å². The summed E-state index contributed by atoms with van der Waals surface area (Å²) in [6.45, 7) is 3.45. The number of hydrogen-bond acceptors (Lipinski definition) is 7. The van der Waals surface area contributed by atoms with Crippen molar-refractivity contribution in [1.82, 2.24) is 9.78 Å². The number of nitrogens with zero attached hydrogens (tertiary/aromatic N) is 2. The molecular weight excluding hydrogens is 492 g/mol. The van der Waals surface area contributed by atoms with E-state index in [0.717, 1.165) is 4.47 Å². The highest BCUT2D eigenvalue weighted by Crippen LogP contribution is 2.29. The summed E-state index contributed by atoms with van der Waals surface area (Å²) in [5.41, 5.74) is -0.127. The molecule has 168 valence electrons. The molecule has 0 fully saturated rings. The lowest BCUT2D eigenvalue weighted by Crippen LogP contribution is -2.17. The molecule has 0 atom stereocenters. The summed E-state index contributed by atoms with van der Waals surface area (Å²) in [5, 5.41) is 5.13. The van der Waals surface area contributed by atoms with Crippen LogP contribution in [-0.4, -0.2) is 34.9 Å². The van der Waals surface area contributed by atoms with Crippen LogP contribution in [0.3, 0.4) is 0 Å². The number of halogens is 1. The van der Waals surface area contributed by atoms with Crippen molar-refractivity contribution in [3.63, 3.8) is 0 Å². The fraction of sp³-hybridized carbons (Fsp3) is 0.167. The number of esters is 2. The standard InChI is InChI=1S/C24H19BrN2O6/c1-3-31-23(29)19-20(17-13-14-7-5-6-8-18(14)33-22(17)28)26-27(21(19)24(30)32-4-2)16-11-9-15(25)10-12-16/h5-13H,3-4H2,1-2H3. The molecule has 0 saturated heterocycles. The molecule has 0 aliphatic rings. The summed E-state index contributed by atoms with van der Waals surface area (Å²) in [7, 11) is 0. The van der Waals surface area contributed by atoms with Gasteiger partial charge in [0.15, 0.2) is 5.69 Å². The maximum atomic E-state index is 13.0. The fourth-order valence-corrected chi connectivity index (χ4v) is 3.65. The van der Waals surface area contributed by atoms with Crippen LogP contribution in [0.15, 0.2) is 68.3 Å². The SMILES string of the molecule is CCOC(=O)c1c(-c2cc3ccccc3oc2=O)nn(-c2ccc(Br)cc2)c1C(=O)OCC. The molecule has 0 radical (unpaired) electrons. The summed E-state index contributed by atoms with van der Waals surface area (Å²) in [4.78, 5) is 38.9. The molecule has 8 nitrogen and oxygen atoms in total. The fourth-order valence-electron chi connectivity index (χ4n) is 3.39. The molecule has 0 spiro atoms. The molecule has 0 bridgehead atoms. The summed E-state index contributed by atoms with van der Waals surface area (Å²) in [5.74, 6) is -1.57. The molecule has 2 heterocycles. The molecule has 4 rings (SSSR count). The normalized spacial score (nSPS) is 10.9. The Hall–Kier alpha value is -3.72. The number of benzene rings is 2. The number of fused-ring (bicyclic) bond motifs is 1. The molecule has 4 aromatic rings. The average molecular weight is 511 g/mol. The molecule has 2 aromatic heterocycles. The van der Waals surface area contributed by atoms with E-state index in [1.807, 2.05) is 0 Å². The maximum Gasteiger partial charge on any atom is 0.357 e. The minimum Gasteiger partial charge on any atom is -0.462 e. The van der Waals surface area contributed by atoms with E-state index in [1.165, 1.54) is 4.68 Å². The highest BCUT2D eigenvalue weighted by molar-refractivity contribution is 9.10. The second-order valence-electron chi connectivity index (χ2n) is 6.89. The van der Waals surface area contributed by atoms with Gasteiger partial charge in [-0.2, -0.15) is 5.10 Å². The highest BCUT2D eigenvalue weighted by Gasteiger charge is 2.33. The average Bonchev–Trinajstić information content (AvgIpc) is 3.20. The van der Waals surface area contributed by atoms with Crippen LogP contribution >= 0.6 is 15.9 Å². The van der Waals surface area contributed by atoms with Crippen LogP contribution in [0.1, 0.15) is 34.7 Å². The van der Waals surface area contributed by atoms with Gasteiger partial charge in [0.25, 0.3) is 0 Å². The van der Waals surface area contributed by atoms with Crippen LogP contribution in [0, 0.1) is 0 Å². The first-order valence-corrected chi connectivity index (χ1v) is 11.0. The van der Waals surface area contributed by atoms with E-state index < -0.39 is 17.6 Å². The molecule has 0 saturated carbocycles. The maximum absolute atomic E-state index is 13.0. The monoisotopic (exact) mass is 510 g/mol. The van der Waals surface area contributed by atoms with E-state index in [1.54, 1.807) is 68.4 Å². The van der Waals surface area contributed by atoms with Crippen molar-refractivity contribution in [1.29, 1.82) is 0 Å². The predicted octanol–water partition coefficient (Wildman–Crippen LogP) is 4.76. The van der Waals surface area contributed by atoms with Gasteiger partial charge in [-0.1, -0.05) is 34.1 Å². The van der Waals surface area contributed by atoms with Gasteiger partial charge in [0.05, 0.1) is 24.5 Å². The summed E-state index contributed by atoms with van der Waals surface area (Å²) < 4.78 is 18.0. The van der Waals surface area contributed by atoms with Gasteiger partial charge in [-0.3, -0.25) is 0 Å². The first-order valence-electron chi connectivity index (χ1n) is 10.2. The number of carbonyl (C=O) groups excluding carboxylic acids is 2. The third-order valence-electron chi connectivity index (χ3n) is 4.80. The molecule has 0 aliphatic heterocycles. The van der Waals surface area contributed by atoms with Crippen molar-refractivity contribution in [2.75, 3.05) is 13.2 Å². The second-order valence-corrected chi connectivity index (χ2v) is 7.80. The van der Waals surface area contributed by atoms with E-state index in [9.17, 15) is 14.4 Å². The molecule has 33 heavy (non-hydrogen) atoms. The third kappa shape index (κ3) is 4.31. The van der Waals surface area contributed by atoms with Gasteiger partial charge in [0.2, 0.25) is 0 Å². The van der Waals surface area contributed by atoms with Crippen LogP contribution in [0.5, 0.6) is 0 Å².